The lowest BCUT2D eigenvalue weighted by molar-refractivity contribution is 0.198. The predicted molar refractivity (Wildman–Crippen MR) is 118 cm³/mol. The van der Waals surface area contributed by atoms with E-state index in [1.165, 1.54) is 11.3 Å². The van der Waals surface area contributed by atoms with Gasteiger partial charge in [-0.05, 0) is 31.5 Å². The molecule has 5 rings (SSSR count). The minimum atomic E-state index is -0.257. The van der Waals surface area contributed by atoms with E-state index in [1.54, 1.807) is 6.20 Å². The summed E-state index contributed by atoms with van der Waals surface area (Å²) in [6.07, 6.45) is 4.13. The molecule has 1 atom stereocenters. The van der Waals surface area contributed by atoms with Gasteiger partial charge in [-0.2, -0.15) is 5.10 Å². The summed E-state index contributed by atoms with van der Waals surface area (Å²) in [4.78, 5) is 15.5. The molecule has 9 heteroatoms. The molecule has 4 heterocycles. The summed E-state index contributed by atoms with van der Waals surface area (Å²) >= 11 is 1.50. The Morgan fingerprint density at radius 1 is 1.27 bits per heavy atom. The molecule has 1 saturated heterocycles. The minimum Gasteiger partial charge on any atom is -0.391 e. The second-order valence-corrected chi connectivity index (χ2v) is 8.13. The van der Waals surface area contributed by atoms with Gasteiger partial charge in [0.1, 0.15) is 5.69 Å². The van der Waals surface area contributed by atoms with Crippen LogP contribution in [0.5, 0.6) is 0 Å². The third kappa shape index (κ3) is 3.77. The number of hydrogen-bond acceptors (Lipinski definition) is 8. The molecule has 4 aromatic rings. The third-order valence-corrected chi connectivity index (χ3v) is 5.84. The molecule has 0 spiro atoms. The van der Waals surface area contributed by atoms with Gasteiger partial charge in [-0.3, -0.25) is 5.10 Å². The summed E-state index contributed by atoms with van der Waals surface area (Å²) in [5, 5.41) is 23.2. The van der Waals surface area contributed by atoms with Crippen LogP contribution in [0.4, 0.5) is 16.8 Å². The molecule has 1 aromatic carbocycles. The van der Waals surface area contributed by atoms with Gasteiger partial charge in [-0.1, -0.05) is 12.1 Å². The molecule has 0 amide bonds. The number of thiazole rings is 1. The van der Waals surface area contributed by atoms with E-state index in [9.17, 15) is 5.11 Å². The van der Waals surface area contributed by atoms with Crippen molar-refractivity contribution in [3.05, 3.63) is 53.8 Å². The minimum absolute atomic E-state index is 0.257. The number of aliphatic hydroxyl groups is 1. The standard InChI is InChI=1S/C21H21N7OS/c1-13-5-7-22-20(24-13)26-21-25-18(12-30-21)17-10-23-27-19(17)14-3-2-4-15(9-14)28-8-6-16(29)11-28/h2-5,7,9-10,12,16,29H,6,8,11H2,1H3,(H,23,27)(H,22,24,25,26). The molecule has 8 nitrogen and oxygen atoms in total. The van der Waals surface area contributed by atoms with Gasteiger partial charge in [0.15, 0.2) is 5.13 Å². The van der Waals surface area contributed by atoms with Gasteiger partial charge in [-0.15, -0.1) is 11.3 Å². The van der Waals surface area contributed by atoms with Crippen molar-refractivity contribution >= 4 is 28.1 Å². The van der Waals surface area contributed by atoms with Crippen LogP contribution < -0.4 is 10.2 Å². The zero-order valence-corrected chi connectivity index (χ0v) is 17.2. The van der Waals surface area contributed by atoms with Crippen LogP contribution in [-0.4, -0.2) is 49.4 Å². The van der Waals surface area contributed by atoms with E-state index in [1.807, 2.05) is 36.7 Å². The third-order valence-electron chi connectivity index (χ3n) is 5.08. The van der Waals surface area contributed by atoms with Crippen molar-refractivity contribution < 1.29 is 5.11 Å². The van der Waals surface area contributed by atoms with Crippen LogP contribution in [0.1, 0.15) is 12.1 Å². The van der Waals surface area contributed by atoms with Crippen molar-refractivity contribution in [2.24, 2.45) is 0 Å². The van der Waals surface area contributed by atoms with E-state index in [-0.39, 0.29) is 6.10 Å². The fourth-order valence-corrected chi connectivity index (χ4v) is 4.30. The van der Waals surface area contributed by atoms with Gasteiger partial charge in [-0.25, -0.2) is 15.0 Å². The zero-order chi connectivity index (χ0) is 20.5. The summed E-state index contributed by atoms with van der Waals surface area (Å²) in [5.74, 6) is 0.531. The molecule has 1 unspecified atom stereocenters. The number of hydrogen-bond donors (Lipinski definition) is 3. The van der Waals surface area contributed by atoms with Crippen LogP contribution in [0.3, 0.4) is 0 Å². The first kappa shape index (κ1) is 18.7. The van der Waals surface area contributed by atoms with Gasteiger partial charge < -0.3 is 15.3 Å². The second-order valence-electron chi connectivity index (χ2n) is 7.27. The Hall–Kier alpha value is -3.30. The topological polar surface area (TPSA) is 103 Å². The molecule has 0 aliphatic carbocycles. The lowest BCUT2D eigenvalue weighted by Gasteiger charge is -2.18. The van der Waals surface area contributed by atoms with Crippen LogP contribution in [0, 0.1) is 6.92 Å². The molecule has 152 valence electrons. The Morgan fingerprint density at radius 3 is 3.03 bits per heavy atom. The Balaban J connectivity index is 1.41. The monoisotopic (exact) mass is 419 g/mol. The van der Waals surface area contributed by atoms with E-state index in [0.29, 0.717) is 12.5 Å². The normalized spacial score (nSPS) is 16.2. The number of anilines is 3. The summed E-state index contributed by atoms with van der Waals surface area (Å²) in [5.41, 5.74) is 5.61. The molecule has 3 aromatic heterocycles. The number of aliphatic hydroxyl groups excluding tert-OH is 1. The fraction of sp³-hybridized carbons (Fsp3) is 0.238. The van der Waals surface area contributed by atoms with Crippen molar-refractivity contribution in [2.75, 3.05) is 23.3 Å². The van der Waals surface area contributed by atoms with E-state index in [0.717, 1.165) is 52.0 Å². The molecule has 0 radical (unpaired) electrons. The smallest absolute Gasteiger partial charge is 0.229 e. The van der Waals surface area contributed by atoms with Crippen LogP contribution in [-0.2, 0) is 0 Å². The van der Waals surface area contributed by atoms with Crippen molar-refractivity contribution in [1.29, 1.82) is 0 Å². The molecule has 0 bridgehead atoms. The highest BCUT2D eigenvalue weighted by atomic mass is 32.1. The number of aromatic nitrogens is 5. The maximum Gasteiger partial charge on any atom is 0.229 e. The lowest BCUT2D eigenvalue weighted by Crippen LogP contribution is -2.20. The van der Waals surface area contributed by atoms with E-state index < -0.39 is 0 Å². The van der Waals surface area contributed by atoms with Crippen molar-refractivity contribution in [3.8, 4) is 22.5 Å². The first-order valence-electron chi connectivity index (χ1n) is 9.75. The number of aromatic amines is 1. The largest absolute Gasteiger partial charge is 0.391 e. The molecule has 30 heavy (non-hydrogen) atoms. The van der Waals surface area contributed by atoms with Crippen molar-refractivity contribution in [1.82, 2.24) is 25.1 Å². The molecule has 3 N–H and O–H groups in total. The highest BCUT2D eigenvalue weighted by Crippen LogP contribution is 2.34. The van der Waals surface area contributed by atoms with Crippen LogP contribution in [0.2, 0.25) is 0 Å². The number of rotatable bonds is 5. The number of nitrogens with zero attached hydrogens (tertiary/aromatic N) is 5. The highest BCUT2D eigenvalue weighted by Gasteiger charge is 2.21. The van der Waals surface area contributed by atoms with Crippen LogP contribution >= 0.6 is 11.3 Å². The Labute approximate surface area is 177 Å². The van der Waals surface area contributed by atoms with Crippen molar-refractivity contribution in [3.63, 3.8) is 0 Å². The molecule has 0 saturated carbocycles. The van der Waals surface area contributed by atoms with Gasteiger partial charge in [0.2, 0.25) is 5.95 Å². The number of aryl methyl sites for hydroxylation is 1. The number of nitrogens with one attached hydrogen (secondary N) is 2. The van der Waals surface area contributed by atoms with Gasteiger partial charge in [0, 0.05) is 53.4 Å². The zero-order valence-electron chi connectivity index (χ0n) is 16.4. The first-order valence-corrected chi connectivity index (χ1v) is 10.6. The number of β-amino-alcohol motifs (C(OH)–C–C–N with tert-alkyl or cyclic N) is 1. The quantitative estimate of drug-likeness (QED) is 0.454. The summed E-state index contributed by atoms with van der Waals surface area (Å²) < 4.78 is 0. The first-order chi connectivity index (χ1) is 14.7. The summed E-state index contributed by atoms with van der Waals surface area (Å²) in [6, 6.07) is 10.1. The van der Waals surface area contributed by atoms with Crippen molar-refractivity contribution in [2.45, 2.75) is 19.4 Å². The maximum absolute atomic E-state index is 9.85. The Morgan fingerprint density at radius 2 is 2.20 bits per heavy atom. The van der Waals surface area contributed by atoms with Crippen LogP contribution in [0.25, 0.3) is 22.5 Å². The molecule has 1 aliphatic rings. The second kappa shape index (κ2) is 7.85. The van der Waals surface area contributed by atoms with Gasteiger partial charge in [0.25, 0.3) is 0 Å². The average molecular weight is 420 g/mol. The van der Waals surface area contributed by atoms with E-state index in [2.05, 4.69) is 42.5 Å². The Kier molecular flexibility index (Phi) is 4.89. The molecule has 1 aliphatic heterocycles. The van der Waals surface area contributed by atoms with Crippen LogP contribution in [0.15, 0.2) is 48.1 Å². The summed E-state index contributed by atoms with van der Waals surface area (Å²) in [6.45, 7) is 3.45. The average Bonchev–Trinajstić information content (AvgIpc) is 3.48. The number of benzene rings is 1. The van der Waals surface area contributed by atoms with E-state index in [4.69, 9.17) is 4.98 Å². The Bertz CT molecular complexity index is 1170. The lowest BCUT2D eigenvalue weighted by atomic mass is 10.1. The summed E-state index contributed by atoms with van der Waals surface area (Å²) in [7, 11) is 0. The number of H-pyrrole nitrogens is 1. The van der Waals surface area contributed by atoms with Gasteiger partial charge >= 0.3 is 0 Å². The highest BCUT2D eigenvalue weighted by molar-refractivity contribution is 7.14. The fourth-order valence-electron chi connectivity index (χ4n) is 3.59. The van der Waals surface area contributed by atoms with Gasteiger partial charge in [0.05, 0.1) is 11.8 Å². The molecular formula is C21H21N7OS. The molecular weight excluding hydrogens is 398 g/mol. The van der Waals surface area contributed by atoms with E-state index >= 15 is 0 Å². The maximum atomic E-state index is 9.85. The molecule has 1 fully saturated rings. The SMILES string of the molecule is Cc1ccnc(Nc2nc(-c3c[nH]nc3-c3cccc(N4CCC(O)C4)c3)cs2)n1. The predicted octanol–water partition coefficient (Wildman–Crippen LogP) is 3.61.